The summed E-state index contributed by atoms with van der Waals surface area (Å²) in [4.78, 5) is 4.76. The van der Waals surface area contributed by atoms with Gasteiger partial charge < -0.3 is 20.5 Å². The normalized spacial score (nSPS) is 39.5. The predicted molar refractivity (Wildman–Crippen MR) is 92.5 cm³/mol. The average Bonchev–Trinajstić information content (AvgIpc) is 2.95. The number of aliphatic hydroxyl groups excluding tert-OH is 1. The van der Waals surface area contributed by atoms with Gasteiger partial charge in [-0.05, 0) is 32.6 Å². The van der Waals surface area contributed by atoms with Crippen LogP contribution in [0.4, 0.5) is 0 Å². The third kappa shape index (κ3) is 3.36. The van der Waals surface area contributed by atoms with Gasteiger partial charge in [-0.1, -0.05) is 20.3 Å². The lowest BCUT2D eigenvalue weighted by atomic mass is 9.55. The molecule has 3 fully saturated rings. The molecule has 1 saturated heterocycles. The number of fused-ring (bicyclic) bond motifs is 1. The Bertz CT molecular complexity index is 438. The maximum atomic E-state index is 9.98. The minimum atomic E-state index is -0.169. The summed E-state index contributed by atoms with van der Waals surface area (Å²) in [5, 5.41) is 17.0. The van der Waals surface area contributed by atoms with Gasteiger partial charge >= 0.3 is 0 Å². The second-order valence-electron chi connectivity index (χ2n) is 8.02. The molecule has 5 nitrogen and oxygen atoms in total. The molecule has 0 aromatic heterocycles. The molecule has 1 heterocycles. The number of aliphatic hydroxyl groups is 1. The van der Waals surface area contributed by atoms with E-state index in [1.54, 1.807) is 0 Å². The molecular formula is C18H33N3O2. The van der Waals surface area contributed by atoms with Gasteiger partial charge in [-0.3, -0.25) is 4.99 Å². The third-order valence-electron chi connectivity index (χ3n) is 6.07. The van der Waals surface area contributed by atoms with Crippen molar-refractivity contribution in [2.24, 2.45) is 22.2 Å². The van der Waals surface area contributed by atoms with E-state index in [9.17, 15) is 5.11 Å². The highest BCUT2D eigenvalue weighted by atomic mass is 16.5. The first-order valence-electron chi connectivity index (χ1n) is 9.38. The van der Waals surface area contributed by atoms with Crippen molar-refractivity contribution in [3.8, 4) is 0 Å². The molecule has 1 aliphatic heterocycles. The number of hydrogen-bond acceptors (Lipinski definition) is 3. The third-order valence-corrected chi connectivity index (χ3v) is 6.07. The molecule has 2 aliphatic carbocycles. The fourth-order valence-electron chi connectivity index (χ4n) is 4.72. The molecule has 5 unspecified atom stereocenters. The van der Waals surface area contributed by atoms with Crippen LogP contribution >= 0.6 is 0 Å². The van der Waals surface area contributed by atoms with Gasteiger partial charge in [0.1, 0.15) is 0 Å². The Labute approximate surface area is 140 Å². The molecular weight excluding hydrogens is 290 g/mol. The van der Waals surface area contributed by atoms with E-state index in [2.05, 4.69) is 31.4 Å². The van der Waals surface area contributed by atoms with E-state index < -0.39 is 0 Å². The lowest BCUT2D eigenvalue weighted by Crippen LogP contribution is -2.71. The van der Waals surface area contributed by atoms with Crippen LogP contribution in [0.1, 0.15) is 52.9 Å². The van der Waals surface area contributed by atoms with Crippen molar-refractivity contribution >= 4 is 5.96 Å². The Kier molecular flexibility index (Phi) is 5.16. The van der Waals surface area contributed by atoms with Crippen molar-refractivity contribution in [2.75, 3.05) is 19.7 Å². The van der Waals surface area contributed by atoms with Crippen molar-refractivity contribution in [3.05, 3.63) is 0 Å². The first-order chi connectivity index (χ1) is 11.0. The molecule has 0 aromatic rings. The topological polar surface area (TPSA) is 65.9 Å². The molecule has 0 aromatic carbocycles. The molecule has 5 atom stereocenters. The van der Waals surface area contributed by atoms with Crippen molar-refractivity contribution in [2.45, 2.75) is 71.1 Å². The summed E-state index contributed by atoms with van der Waals surface area (Å²) in [7, 11) is 0. The van der Waals surface area contributed by atoms with E-state index in [0.29, 0.717) is 30.5 Å². The van der Waals surface area contributed by atoms with Gasteiger partial charge in [0, 0.05) is 43.0 Å². The highest BCUT2D eigenvalue weighted by Gasteiger charge is 2.58. The van der Waals surface area contributed by atoms with Crippen molar-refractivity contribution in [1.29, 1.82) is 0 Å². The molecule has 0 amide bonds. The van der Waals surface area contributed by atoms with Crippen LogP contribution < -0.4 is 10.6 Å². The monoisotopic (exact) mass is 323 g/mol. The fraction of sp³-hybridized carbons (Fsp3) is 0.944. The van der Waals surface area contributed by atoms with Crippen LogP contribution in [0.2, 0.25) is 0 Å². The molecule has 0 spiro atoms. The fourth-order valence-corrected chi connectivity index (χ4v) is 4.72. The van der Waals surface area contributed by atoms with Crippen LogP contribution in [0.3, 0.4) is 0 Å². The van der Waals surface area contributed by atoms with Crippen LogP contribution in [0, 0.1) is 17.3 Å². The van der Waals surface area contributed by atoms with Gasteiger partial charge in [0.15, 0.2) is 5.96 Å². The molecule has 0 bridgehead atoms. The summed E-state index contributed by atoms with van der Waals surface area (Å²) in [6.07, 6.45) is 5.77. The van der Waals surface area contributed by atoms with Crippen molar-refractivity contribution in [3.63, 3.8) is 0 Å². The van der Waals surface area contributed by atoms with Gasteiger partial charge in [0.25, 0.3) is 0 Å². The van der Waals surface area contributed by atoms with Crippen LogP contribution in [0.15, 0.2) is 4.99 Å². The van der Waals surface area contributed by atoms with E-state index in [1.165, 1.54) is 6.42 Å². The Hall–Kier alpha value is -0.810. The van der Waals surface area contributed by atoms with E-state index >= 15 is 0 Å². The first kappa shape index (κ1) is 17.0. The van der Waals surface area contributed by atoms with E-state index in [-0.39, 0.29) is 11.5 Å². The molecule has 23 heavy (non-hydrogen) atoms. The second-order valence-corrected chi connectivity index (χ2v) is 8.02. The average molecular weight is 323 g/mol. The molecule has 132 valence electrons. The van der Waals surface area contributed by atoms with E-state index in [4.69, 9.17) is 9.73 Å². The number of aliphatic imine (C=N–C) groups is 1. The zero-order valence-electron chi connectivity index (χ0n) is 14.8. The number of rotatable bonds is 4. The van der Waals surface area contributed by atoms with Gasteiger partial charge in [0.2, 0.25) is 0 Å². The number of guanidine groups is 1. The number of hydrogen-bond donors (Lipinski definition) is 3. The van der Waals surface area contributed by atoms with Gasteiger partial charge in [0.05, 0.1) is 12.2 Å². The van der Waals surface area contributed by atoms with E-state index in [0.717, 1.165) is 44.8 Å². The van der Waals surface area contributed by atoms with E-state index in [1.807, 2.05) is 0 Å². The summed E-state index contributed by atoms with van der Waals surface area (Å²) in [6, 6.07) is 0.416. The number of nitrogens with zero attached hydrogens (tertiary/aromatic N) is 1. The van der Waals surface area contributed by atoms with Crippen molar-refractivity contribution < 1.29 is 9.84 Å². The number of nitrogens with one attached hydrogen (secondary N) is 2. The van der Waals surface area contributed by atoms with Gasteiger partial charge in [-0.15, -0.1) is 0 Å². The minimum absolute atomic E-state index is 0.147. The van der Waals surface area contributed by atoms with Gasteiger partial charge in [-0.25, -0.2) is 0 Å². The summed E-state index contributed by atoms with van der Waals surface area (Å²) in [5.41, 5.74) is 0.147. The summed E-state index contributed by atoms with van der Waals surface area (Å²) >= 11 is 0. The predicted octanol–water partition coefficient (Wildman–Crippen LogP) is 1.91. The summed E-state index contributed by atoms with van der Waals surface area (Å²) < 4.78 is 5.99. The van der Waals surface area contributed by atoms with Crippen LogP contribution in [-0.2, 0) is 4.74 Å². The molecule has 3 N–H and O–H groups in total. The standard InChI is InChI=1S/C18H33N3O2/c1-4-19-17(20-11-12-7-5-9-14(12)22)21-15-13-8-6-10-23-16(13)18(15,2)3/h12-16,22H,4-11H2,1-3H3,(H2,19,20,21). The Balaban J connectivity index is 1.62. The highest BCUT2D eigenvalue weighted by molar-refractivity contribution is 5.80. The first-order valence-corrected chi connectivity index (χ1v) is 9.38. The lowest BCUT2D eigenvalue weighted by Gasteiger charge is -2.60. The maximum absolute atomic E-state index is 9.98. The molecule has 2 saturated carbocycles. The molecule has 3 rings (SSSR count). The molecule has 0 radical (unpaired) electrons. The Morgan fingerprint density at radius 3 is 2.78 bits per heavy atom. The Morgan fingerprint density at radius 2 is 2.09 bits per heavy atom. The summed E-state index contributed by atoms with van der Waals surface area (Å²) in [5.74, 6) is 1.82. The maximum Gasteiger partial charge on any atom is 0.191 e. The number of ether oxygens (including phenoxy) is 1. The smallest absolute Gasteiger partial charge is 0.191 e. The van der Waals surface area contributed by atoms with Crippen LogP contribution in [0.25, 0.3) is 0 Å². The SMILES string of the molecule is CCNC(=NCC1CCCC1O)NC1C2CCCOC2C1(C)C. The zero-order valence-corrected chi connectivity index (χ0v) is 14.8. The lowest BCUT2D eigenvalue weighted by molar-refractivity contribution is -0.188. The molecule has 5 heteroatoms. The second kappa shape index (κ2) is 6.98. The van der Waals surface area contributed by atoms with Gasteiger partial charge in [-0.2, -0.15) is 0 Å². The largest absolute Gasteiger partial charge is 0.393 e. The minimum Gasteiger partial charge on any atom is -0.393 e. The van der Waals surface area contributed by atoms with Crippen LogP contribution in [-0.4, -0.2) is 49.0 Å². The summed E-state index contributed by atoms with van der Waals surface area (Å²) in [6.45, 7) is 9.17. The Morgan fingerprint density at radius 1 is 1.26 bits per heavy atom. The highest BCUT2D eigenvalue weighted by Crippen LogP contribution is 2.51. The zero-order chi connectivity index (χ0) is 16.4. The molecule has 3 aliphatic rings. The quantitative estimate of drug-likeness (QED) is 0.546. The van der Waals surface area contributed by atoms with Crippen LogP contribution in [0.5, 0.6) is 0 Å². The van der Waals surface area contributed by atoms with Crippen molar-refractivity contribution in [1.82, 2.24) is 10.6 Å².